The van der Waals surface area contributed by atoms with E-state index in [4.69, 9.17) is 0 Å². The Bertz CT molecular complexity index is 1030. The fourth-order valence-electron chi connectivity index (χ4n) is 3.15. The number of amides is 1. The standard InChI is InChI=1S/C21H25BrN4O3S/c1-16-6-8-20(9-7-16)30(28,29)26-12-10-25(11-13-26)15-21(27)24-23-17(2)18-4-3-5-19(22)14-18/h3-9,14H,10-13,15H2,1-2H3,(H,24,27)/b23-17+. The number of nitrogens with one attached hydrogen (secondary N) is 1. The second-order valence-electron chi connectivity index (χ2n) is 7.24. The lowest BCUT2D eigenvalue weighted by Gasteiger charge is -2.33. The highest BCUT2D eigenvalue weighted by Gasteiger charge is 2.28. The monoisotopic (exact) mass is 492 g/mol. The highest BCUT2D eigenvalue weighted by Crippen LogP contribution is 2.18. The molecule has 9 heteroatoms. The number of carbonyl (C=O) groups excluding carboxylic acids is 1. The number of aryl methyl sites for hydroxylation is 1. The van der Waals surface area contributed by atoms with Crippen molar-refractivity contribution in [2.24, 2.45) is 5.10 Å². The van der Waals surface area contributed by atoms with E-state index in [9.17, 15) is 13.2 Å². The maximum atomic E-state index is 12.8. The minimum absolute atomic E-state index is 0.174. The van der Waals surface area contributed by atoms with Crippen LogP contribution in [-0.4, -0.2) is 62.0 Å². The highest BCUT2D eigenvalue weighted by molar-refractivity contribution is 9.10. The molecule has 0 atom stereocenters. The van der Waals surface area contributed by atoms with Crippen molar-refractivity contribution in [1.29, 1.82) is 0 Å². The summed E-state index contributed by atoms with van der Waals surface area (Å²) in [6.45, 7) is 5.61. The van der Waals surface area contributed by atoms with E-state index in [-0.39, 0.29) is 12.5 Å². The molecule has 0 aliphatic carbocycles. The van der Waals surface area contributed by atoms with Crippen LogP contribution >= 0.6 is 15.9 Å². The van der Waals surface area contributed by atoms with Gasteiger partial charge in [-0.15, -0.1) is 0 Å². The van der Waals surface area contributed by atoms with E-state index in [0.29, 0.717) is 36.8 Å². The number of hydrogen-bond acceptors (Lipinski definition) is 5. The molecule has 7 nitrogen and oxygen atoms in total. The number of sulfonamides is 1. The molecular weight excluding hydrogens is 468 g/mol. The van der Waals surface area contributed by atoms with Crippen molar-refractivity contribution < 1.29 is 13.2 Å². The van der Waals surface area contributed by atoms with Gasteiger partial charge in [0.2, 0.25) is 10.0 Å². The van der Waals surface area contributed by atoms with E-state index < -0.39 is 10.0 Å². The molecule has 0 unspecified atom stereocenters. The molecule has 160 valence electrons. The van der Waals surface area contributed by atoms with Gasteiger partial charge >= 0.3 is 0 Å². The summed E-state index contributed by atoms with van der Waals surface area (Å²) in [6, 6.07) is 14.5. The summed E-state index contributed by atoms with van der Waals surface area (Å²) in [4.78, 5) is 14.5. The van der Waals surface area contributed by atoms with Gasteiger partial charge in [-0.3, -0.25) is 9.69 Å². The third-order valence-corrected chi connectivity index (χ3v) is 7.35. The van der Waals surface area contributed by atoms with Crippen molar-refractivity contribution in [2.75, 3.05) is 32.7 Å². The molecule has 3 rings (SSSR count). The van der Waals surface area contributed by atoms with Crippen LogP contribution in [0.2, 0.25) is 0 Å². The Kier molecular flexibility index (Phi) is 7.41. The second kappa shape index (κ2) is 9.82. The molecule has 1 fully saturated rings. The summed E-state index contributed by atoms with van der Waals surface area (Å²) >= 11 is 3.42. The van der Waals surface area contributed by atoms with Crippen molar-refractivity contribution in [2.45, 2.75) is 18.7 Å². The first-order valence-electron chi connectivity index (χ1n) is 9.64. The average molecular weight is 493 g/mol. The van der Waals surface area contributed by atoms with Crippen molar-refractivity contribution in [3.8, 4) is 0 Å². The van der Waals surface area contributed by atoms with Crippen LogP contribution in [-0.2, 0) is 14.8 Å². The third-order valence-electron chi connectivity index (χ3n) is 4.95. The molecule has 1 heterocycles. The number of hydrazone groups is 1. The minimum Gasteiger partial charge on any atom is -0.292 e. The Labute approximate surface area is 185 Å². The normalized spacial score (nSPS) is 16.4. The van der Waals surface area contributed by atoms with Crippen molar-refractivity contribution >= 4 is 37.6 Å². The SMILES string of the molecule is C/C(=N\NC(=O)CN1CCN(S(=O)(=O)c2ccc(C)cc2)CC1)c1cccc(Br)c1. The van der Waals surface area contributed by atoms with Crippen LogP contribution in [0.1, 0.15) is 18.1 Å². The van der Waals surface area contributed by atoms with Gasteiger partial charge in [-0.25, -0.2) is 13.8 Å². The molecule has 0 aromatic heterocycles. The van der Waals surface area contributed by atoms with Gasteiger partial charge in [0.1, 0.15) is 0 Å². The van der Waals surface area contributed by atoms with Crippen LogP contribution in [0.3, 0.4) is 0 Å². The van der Waals surface area contributed by atoms with E-state index in [2.05, 4.69) is 26.5 Å². The molecule has 1 saturated heterocycles. The van der Waals surface area contributed by atoms with Crippen molar-refractivity contribution in [3.05, 3.63) is 64.1 Å². The van der Waals surface area contributed by atoms with Gasteiger partial charge < -0.3 is 0 Å². The highest BCUT2D eigenvalue weighted by atomic mass is 79.9. The summed E-state index contributed by atoms with van der Waals surface area (Å²) < 4.78 is 28.0. The Balaban J connectivity index is 1.51. The van der Waals surface area contributed by atoms with Gasteiger partial charge in [0.25, 0.3) is 5.91 Å². The first-order chi connectivity index (χ1) is 14.3. The lowest BCUT2D eigenvalue weighted by atomic mass is 10.1. The van der Waals surface area contributed by atoms with E-state index >= 15 is 0 Å². The maximum absolute atomic E-state index is 12.8. The van der Waals surface area contributed by atoms with Gasteiger partial charge in [0.05, 0.1) is 17.2 Å². The number of halogens is 1. The van der Waals surface area contributed by atoms with Crippen LogP contribution < -0.4 is 5.43 Å². The lowest BCUT2D eigenvalue weighted by Crippen LogP contribution is -2.50. The molecule has 0 spiro atoms. The molecule has 30 heavy (non-hydrogen) atoms. The zero-order valence-corrected chi connectivity index (χ0v) is 19.4. The molecule has 1 aliphatic rings. The quantitative estimate of drug-likeness (QED) is 0.496. The third kappa shape index (κ3) is 5.75. The Morgan fingerprint density at radius 3 is 2.40 bits per heavy atom. The smallest absolute Gasteiger partial charge is 0.254 e. The molecule has 2 aromatic carbocycles. The first-order valence-corrected chi connectivity index (χ1v) is 11.9. The van der Waals surface area contributed by atoms with E-state index in [1.165, 1.54) is 4.31 Å². The fraction of sp³-hybridized carbons (Fsp3) is 0.333. The zero-order chi connectivity index (χ0) is 21.7. The molecule has 0 radical (unpaired) electrons. The molecule has 1 amide bonds. The Morgan fingerprint density at radius 1 is 1.10 bits per heavy atom. The molecule has 1 aliphatic heterocycles. The number of benzene rings is 2. The number of nitrogens with zero attached hydrogens (tertiary/aromatic N) is 3. The summed E-state index contributed by atoms with van der Waals surface area (Å²) in [5.41, 5.74) is 5.22. The Hall–Kier alpha value is -2.07. The molecule has 2 aromatic rings. The molecular formula is C21H25BrN4O3S. The maximum Gasteiger partial charge on any atom is 0.254 e. The van der Waals surface area contributed by atoms with Crippen LogP contribution in [0, 0.1) is 6.92 Å². The second-order valence-corrected chi connectivity index (χ2v) is 10.1. The van der Waals surface area contributed by atoms with E-state index in [1.807, 2.05) is 43.0 Å². The lowest BCUT2D eigenvalue weighted by molar-refractivity contribution is -0.122. The predicted octanol–water partition coefficient (Wildman–Crippen LogP) is 2.60. The molecule has 1 N–H and O–H groups in total. The summed E-state index contributed by atoms with van der Waals surface area (Å²) in [7, 11) is -3.51. The fourth-order valence-corrected chi connectivity index (χ4v) is 4.97. The average Bonchev–Trinajstić information content (AvgIpc) is 2.73. The number of carbonyl (C=O) groups is 1. The van der Waals surface area contributed by atoms with Gasteiger partial charge in [0.15, 0.2) is 0 Å². The van der Waals surface area contributed by atoms with Gasteiger partial charge in [-0.05, 0) is 43.7 Å². The molecule has 0 bridgehead atoms. The summed E-state index contributed by atoms with van der Waals surface area (Å²) in [5.74, 6) is -0.223. The van der Waals surface area contributed by atoms with Gasteiger partial charge in [-0.2, -0.15) is 9.41 Å². The first kappa shape index (κ1) is 22.6. The largest absolute Gasteiger partial charge is 0.292 e. The van der Waals surface area contributed by atoms with Crippen LogP contribution in [0.15, 0.2) is 63.0 Å². The number of rotatable bonds is 6. The number of piperazine rings is 1. The van der Waals surface area contributed by atoms with Crippen LogP contribution in [0.25, 0.3) is 0 Å². The zero-order valence-electron chi connectivity index (χ0n) is 17.0. The van der Waals surface area contributed by atoms with Gasteiger partial charge in [0, 0.05) is 30.7 Å². The van der Waals surface area contributed by atoms with Crippen LogP contribution in [0.5, 0.6) is 0 Å². The number of hydrogen-bond donors (Lipinski definition) is 1. The van der Waals surface area contributed by atoms with Crippen molar-refractivity contribution in [1.82, 2.24) is 14.6 Å². The summed E-state index contributed by atoms with van der Waals surface area (Å²) in [5, 5.41) is 4.17. The van der Waals surface area contributed by atoms with Crippen molar-refractivity contribution in [3.63, 3.8) is 0 Å². The molecule has 0 saturated carbocycles. The predicted molar refractivity (Wildman–Crippen MR) is 121 cm³/mol. The van der Waals surface area contributed by atoms with E-state index in [0.717, 1.165) is 15.6 Å². The minimum atomic E-state index is -3.51. The topological polar surface area (TPSA) is 82.1 Å². The summed E-state index contributed by atoms with van der Waals surface area (Å²) in [6.07, 6.45) is 0. The van der Waals surface area contributed by atoms with Crippen LogP contribution in [0.4, 0.5) is 0 Å². The van der Waals surface area contributed by atoms with E-state index in [1.54, 1.807) is 24.3 Å². The Morgan fingerprint density at radius 2 is 1.77 bits per heavy atom. The van der Waals surface area contributed by atoms with Gasteiger partial charge in [-0.1, -0.05) is 45.8 Å².